The quantitative estimate of drug-likeness (QED) is 0.788. The summed E-state index contributed by atoms with van der Waals surface area (Å²) >= 11 is 0. The molecule has 3 fully saturated rings. The second kappa shape index (κ2) is 5.94. The van der Waals surface area contributed by atoms with Crippen LogP contribution in [0.1, 0.15) is 51.7 Å². The van der Waals surface area contributed by atoms with Gasteiger partial charge in [0.05, 0.1) is 19.8 Å². The first kappa shape index (κ1) is 16.5. The van der Waals surface area contributed by atoms with E-state index in [9.17, 15) is 0 Å². The third kappa shape index (κ3) is 3.45. The van der Waals surface area contributed by atoms with Gasteiger partial charge in [-0.05, 0) is 51.5 Å². The molecular weight excluding hydrogens is 288 g/mol. The molecule has 124 valence electrons. The van der Waals surface area contributed by atoms with Gasteiger partial charge in [0.2, 0.25) is 0 Å². The molecule has 0 spiro atoms. The molecule has 0 atom stereocenters. The first-order valence-corrected chi connectivity index (χ1v) is 8.42. The molecular formula is C20H26O3. The Balaban J connectivity index is 1.75. The monoisotopic (exact) mass is 314 g/mol. The molecule has 3 heteroatoms. The van der Waals surface area contributed by atoms with Gasteiger partial charge in [0.25, 0.3) is 0 Å². The topological polar surface area (TPSA) is 27.7 Å². The molecule has 3 saturated heterocycles. The van der Waals surface area contributed by atoms with E-state index in [0.717, 1.165) is 24.0 Å². The van der Waals surface area contributed by atoms with Gasteiger partial charge in [-0.3, -0.25) is 0 Å². The average molecular weight is 314 g/mol. The number of benzene rings is 1. The normalized spacial score (nSPS) is 29.9. The zero-order valence-electron chi connectivity index (χ0n) is 14.6. The molecule has 4 rings (SSSR count). The van der Waals surface area contributed by atoms with Crippen LogP contribution in [-0.4, -0.2) is 19.8 Å². The predicted molar refractivity (Wildman–Crippen MR) is 89.7 cm³/mol. The zero-order chi connectivity index (χ0) is 16.6. The Kier molecular flexibility index (Phi) is 4.27. The smallest absolute Gasteiger partial charge is 0.312 e. The minimum atomic E-state index is -1.02. The SMILES string of the molecule is CCCC12COC(c3ccc(C#CC(C)(C)C)cc3)(OC1)OC2. The first-order chi connectivity index (χ1) is 10.9. The van der Waals surface area contributed by atoms with E-state index >= 15 is 0 Å². The van der Waals surface area contributed by atoms with E-state index in [0.29, 0.717) is 19.8 Å². The third-order valence-corrected chi connectivity index (χ3v) is 4.31. The summed E-state index contributed by atoms with van der Waals surface area (Å²) in [6.45, 7) is 10.6. The Morgan fingerprint density at radius 3 is 2.04 bits per heavy atom. The maximum Gasteiger partial charge on any atom is 0.312 e. The van der Waals surface area contributed by atoms with Gasteiger partial charge in [0, 0.05) is 22.0 Å². The maximum atomic E-state index is 5.98. The Bertz CT molecular complexity index is 588. The second-order valence-electron chi connectivity index (χ2n) is 7.75. The molecule has 1 aromatic carbocycles. The fourth-order valence-corrected chi connectivity index (χ4v) is 3.01. The van der Waals surface area contributed by atoms with E-state index < -0.39 is 5.97 Å². The molecule has 23 heavy (non-hydrogen) atoms. The van der Waals surface area contributed by atoms with Gasteiger partial charge >= 0.3 is 5.97 Å². The highest BCUT2D eigenvalue weighted by Crippen LogP contribution is 2.46. The predicted octanol–water partition coefficient (Wildman–Crippen LogP) is 4.06. The van der Waals surface area contributed by atoms with Gasteiger partial charge in [-0.2, -0.15) is 0 Å². The fourth-order valence-electron chi connectivity index (χ4n) is 3.01. The van der Waals surface area contributed by atoms with Crippen molar-refractivity contribution in [1.29, 1.82) is 0 Å². The summed E-state index contributed by atoms with van der Waals surface area (Å²) < 4.78 is 17.9. The minimum Gasteiger partial charge on any atom is -0.323 e. The fraction of sp³-hybridized carbons (Fsp3) is 0.600. The highest BCUT2D eigenvalue weighted by molar-refractivity contribution is 5.38. The van der Waals surface area contributed by atoms with Crippen molar-refractivity contribution in [2.24, 2.45) is 10.8 Å². The number of fused-ring (bicyclic) bond motifs is 3. The Hall–Kier alpha value is -1.34. The van der Waals surface area contributed by atoms with E-state index in [4.69, 9.17) is 14.2 Å². The molecule has 1 aromatic rings. The van der Waals surface area contributed by atoms with Crippen molar-refractivity contribution < 1.29 is 14.2 Å². The van der Waals surface area contributed by atoms with Crippen LogP contribution in [0.25, 0.3) is 0 Å². The Morgan fingerprint density at radius 2 is 1.57 bits per heavy atom. The van der Waals surface area contributed by atoms with Crippen LogP contribution in [0.3, 0.4) is 0 Å². The van der Waals surface area contributed by atoms with Gasteiger partial charge in [-0.1, -0.05) is 25.2 Å². The summed E-state index contributed by atoms with van der Waals surface area (Å²) in [6.07, 6.45) is 2.19. The molecule has 3 aliphatic rings. The summed E-state index contributed by atoms with van der Waals surface area (Å²) in [5.41, 5.74) is 1.94. The zero-order valence-corrected chi connectivity index (χ0v) is 14.6. The number of rotatable bonds is 3. The summed E-state index contributed by atoms with van der Waals surface area (Å²) in [5.74, 6) is 5.43. The van der Waals surface area contributed by atoms with Crippen LogP contribution in [0.2, 0.25) is 0 Å². The number of hydrogen-bond donors (Lipinski definition) is 0. The summed E-state index contributed by atoms with van der Waals surface area (Å²) in [6, 6.07) is 7.98. The lowest BCUT2D eigenvalue weighted by Gasteiger charge is -2.51. The van der Waals surface area contributed by atoms with Gasteiger partial charge in [-0.25, -0.2) is 0 Å². The lowest BCUT2D eigenvalue weighted by Crippen LogP contribution is -2.58. The molecule has 3 aliphatic heterocycles. The van der Waals surface area contributed by atoms with E-state index in [1.54, 1.807) is 0 Å². The van der Waals surface area contributed by atoms with Crippen LogP contribution in [0.5, 0.6) is 0 Å². The number of ether oxygens (including phenoxy) is 3. The van der Waals surface area contributed by atoms with Crippen LogP contribution in [-0.2, 0) is 20.2 Å². The van der Waals surface area contributed by atoms with Crippen molar-refractivity contribution in [3.05, 3.63) is 35.4 Å². The van der Waals surface area contributed by atoms with Crippen molar-refractivity contribution in [2.45, 2.75) is 46.5 Å². The van der Waals surface area contributed by atoms with Gasteiger partial charge in [0.1, 0.15) is 0 Å². The van der Waals surface area contributed by atoms with Crippen molar-refractivity contribution in [3.63, 3.8) is 0 Å². The Morgan fingerprint density at radius 1 is 1.00 bits per heavy atom. The van der Waals surface area contributed by atoms with Crippen molar-refractivity contribution >= 4 is 0 Å². The summed E-state index contributed by atoms with van der Waals surface area (Å²) in [7, 11) is 0. The summed E-state index contributed by atoms with van der Waals surface area (Å²) in [5, 5.41) is 0. The van der Waals surface area contributed by atoms with Gasteiger partial charge in [-0.15, -0.1) is 0 Å². The lowest BCUT2D eigenvalue weighted by atomic mass is 9.83. The maximum absolute atomic E-state index is 5.98. The van der Waals surface area contributed by atoms with Crippen LogP contribution in [0.4, 0.5) is 0 Å². The molecule has 0 saturated carbocycles. The van der Waals surface area contributed by atoms with E-state index in [2.05, 4.69) is 39.5 Å². The van der Waals surface area contributed by atoms with Gasteiger partial charge < -0.3 is 14.2 Å². The van der Waals surface area contributed by atoms with E-state index in [1.807, 2.05) is 24.3 Å². The van der Waals surface area contributed by atoms with Crippen molar-refractivity contribution in [3.8, 4) is 11.8 Å². The molecule has 0 radical (unpaired) electrons. The molecule has 3 nitrogen and oxygen atoms in total. The molecule has 3 heterocycles. The second-order valence-corrected chi connectivity index (χ2v) is 7.75. The molecule has 0 N–H and O–H groups in total. The van der Waals surface area contributed by atoms with Crippen molar-refractivity contribution in [2.75, 3.05) is 19.8 Å². The largest absolute Gasteiger partial charge is 0.323 e. The highest BCUT2D eigenvalue weighted by atomic mass is 16.9. The van der Waals surface area contributed by atoms with Crippen molar-refractivity contribution in [1.82, 2.24) is 0 Å². The lowest BCUT2D eigenvalue weighted by molar-refractivity contribution is -0.480. The third-order valence-electron chi connectivity index (χ3n) is 4.31. The minimum absolute atomic E-state index is 0.00202. The van der Waals surface area contributed by atoms with E-state index in [-0.39, 0.29) is 10.8 Å². The Labute approximate surface area is 139 Å². The van der Waals surface area contributed by atoms with Gasteiger partial charge in [0.15, 0.2) is 0 Å². The van der Waals surface area contributed by atoms with Crippen LogP contribution in [0.15, 0.2) is 24.3 Å². The molecule has 0 aromatic heterocycles. The van der Waals surface area contributed by atoms with Crippen LogP contribution >= 0.6 is 0 Å². The van der Waals surface area contributed by atoms with Crippen LogP contribution < -0.4 is 0 Å². The standard InChI is InChI=1S/C20H26O3/c1-5-11-19-13-21-20(22-14-19,23-15-19)17-8-6-16(7-9-17)10-12-18(2,3)4/h6-9H,5,11,13-15H2,1-4H3. The summed E-state index contributed by atoms with van der Waals surface area (Å²) in [4.78, 5) is 0. The number of hydrogen-bond acceptors (Lipinski definition) is 3. The molecule has 0 aliphatic carbocycles. The van der Waals surface area contributed by atoms with E-state index in [1.165, 1.54) is 0 Å². The molecule has 2 bridgehead atoms. The highest BCUT2D eigenvalue weighted by Gasteiger charge is 2.53. The average Bonchev–Trinajstić information content (AvgIpc) is 2.55. The van der Waals surface area contributed by atoms with Crippen LogP contribution in [0, 0.1) is 22.7 Å². The first-order valence-electron chi connectivity index (χ1n) is 8.42. The molecule has 0 unspecified atom stereocenters. The molecule has 0 amide bonds.